The van der Waals surface area contributed by atoms with Crippen LogP contribution in [0.15, 0.2) is 30.3 Å². The lowest BCUT2D eigenvalue weighted by molar-refractivity contribution is 0.216. The SMILES string of the molecule is NCOB(OCN)c1ccccc1. The molecule has 0 spiro atoms. The van der Waals surface area contributed by atoms with Gasteiger partial charge in [0, 0.05) is 0 Å². The smallest absolute Gasteiger partial charge is 0.394 e. The molecule has 4 nitrogen and oxygen atoms in total. The standard InChI is InChI=1S/C8H13BN2O2/c10-6-12-9(13-7-11)8-4-2-1-3-5-8/h1-5H,6-7,10-11H2. The van der Waals surface area contributed by atoms with E-state index in [0.717, 1.165) is 5.46 Å². The van der Waals surface area contributed by atoms with E-state index in [4.69, 9.17) is 20.8 Å². The van der Waals surface area contributed by atoms with E-state index in [2.05, 4.69) is 0 Å². The quantitative estimate of drug-likeness (QED) is 0.461. The normalized spacial score (nSPS) is 10.0. The first-order valence-corrected chi connectivity index (χ1v) is 4.06. The van der Waals surface area contributed by atoms with Crippen LogP contribution in [-0.2, 0) is 9.31 Å². The largest absolute Gasteiger partial charge is 0.495 e. The number of nitrogens with two attached hydrogens (primary N) is 2. The summed E-state index contributed by atoms with van der Waals surface area (Å²) >= 11 is 0. The second-order valence-corrected chi connectivity index (χ2v) is 2.41. The molecule has 0 aliphatic carbocycles. The topological polar surface area (TPSA) is 70.5 Å². The zero-order valence-electron chi connectivity index (χ0n) is 7.35. The summed E-state index contributed by atoms with van der Waals surface area (Å²) in [6, 6.07) is 9.53. The van der Waals surface area contributed by atoms with Crippen LogP contribution in [0.2, 0.25) is 0 Å². The van der Waals surface area contributed by atoms with Crippen LogP contribution in [0.25, 0.3) is 0 Å². The summed E-state index contributed by atoms with van der Waals surface area (Å²) in [7, 11) is -0.462. The summed E-state index contributed by atoms with van der Waals surface area (Å²) in [4.78, 5) is 0. The molecule has 1 aromatic carbocycles. The summed E-state index contributed by atoms with van der Waals surface area (Å²) in [5.41, 5.74) is 11.4. The van der Waals surface area contributed by atoms with Gasteiger partial charge in [-0.2, -0.15) is 0 Å². The van der Waals surface area contributed by atoms with E-state index in [1.54, 1.807) is 0 Å². The molecule has 5 heteroatoms. The van der Waals surface area contributed by atoms with E-state index in [1.807, 2.05) is 30.3 Å². The molecule has 0 saturated carbocycles. The lowest BCUT2D eigenvalue weighted by Gasteiger charge is -2.11. The second-order valence-electron chi connectivity index (χ2n) is 2.41. The van der Waals surface area contributed by atoms with Gasteiger partial charge >= 0.3 is 7.12 Å². The summed E-state index contributed by atoms with van der Waals surface area (Å²) in [5, 5.41) is 0. The number of rotatable bonds is 5. The molecule has 13 heavy (non-hydrogen) atoms. The summed E-state index contributed by atoms with van der Waals surface area (Å²) < 4.78 is 10.3. The molecule has 0 aliphatic heterocycles. The van der Waals surface area contributed by atoms with Gasteiger partial charge in [0.25, 0.3) is 0 Å². The first kappa shape index (κ1) is 10.2. The van der Waals surface area contributed by atoms with Crippen LogP contribution in [0.5, 0.6) is 0 Å². The van der Waals surface area contributed by atoms with Crippen molar-refractivity contribution in [2.24, 2.45) is 11.5 Å². The van der Waals surface area contributed by atoms with Crippen molar-refractivity contribution in [3.63, 3.8) is 0 Å². The predicted octanol–water partition coefficient (Wildman–Crippen LogP) is -0.753. The minimum absolute atomic E-state index is 0.111. The fourth-order valence-corrected chi connectivity index (χ4v) is 1.03. The number of benzene rings is 1. The Morgan fingerprint density at radius 3 is 2.00 bits per heavy atom. The van der Waals surface area contributed by atoms with Gasteiger partial charge in [-0.05, 0) is 5.46 Å². The molecular weight excluding hydrogens is 167 g/mol. The monoisotopic (exact) mass is 180 g/mol. The van der Waals surface area contributed by atoms with Crippen LogP contribution in [-0.4, -0.2) is 20.6 Å². The molecule has 70 valence electrons. The first-order chi connectivity index (χ1) is 6.38. The number of hydrogen-bond donors (Lipinski definition) is 2. The average Bonchev–Trinajstić information content (AvgIpc) is 2.19. The van der Waals surface area contributed by atoms with Crippen LogP contribution < -0.4 is 16.9 Å². The molecule has 0 radical (unpaired) electrons. The van der Waals surface area contributed by atoms with Crippen molar-refractivity contribution in [2.45, 2.75) is 0 Å². The Bertz CT molecular complexity index is 227. The van der Waals surface area contributed by atoms with Crippen molar-refractivity contribution in [1.82, 2.24) is 0 Å². The van der Waals surface area contributed by atoms with Gasteiger partial charge < -0.3 is 20.8 Å². The highest BCUT2D eigenvalue weighted by atomic mass is 16.6. The van der Waals surface area contributed by atoms with E-state index < -0.39 is 7.12 Å². The molecule has 0 amide bonds. The fourth-order valence-electron chi connectivity index (χ4n) is 1.03. The summed E-state index contributed by atoms with van der Waals surface area (Å²) in [6.45, 7) is 0.221. The zero-order valence-corrected chi connectivity index (χ0v) is 7.35. The van der Waals surface area contributed by atoms with Gasteiger partial charge in [-0.1, -0.05) is 30.3 Å². The molecule has 1 rings (SSSR count). The molecule has 0 saturated heterocycles. The molecule has 0 heterocycles. The second kappa shape index (κ2) is 5.72. The predicted molar refractivity (Wildman–Crippen MR) is 52.1 cm³/mol. The first-order valence-electron chi connectivity index (χ1n) is 4.06. The minimum Gasteiger partial charge on any atom is -0.394 e. The number of hydrogen-bond acceptors (Lipinski definition) is 4. The maximum atomic E-state index is 5.25. The Labute approximate surface area is 78.0 Å². The Morgan fingerprint density at radius 2 is 1.54 bits per heavy atom. The Hall–Kier alpha value is -0.875. The third-order valence-electron chi connectivity index (χ3n) is 1.57. The average molecular weight is 180 g/mol. The van der Waals surface area contributed by atoms with Gasteiger partial charge in [0.05, 0.1) is 13.5 Å². The lowest BCUT2D eigenvalue weighted by atomic mass is 9.79. The van der Waals surface area contributed by atoms with Gasteiger partial charge in [-0.25, -0.2) is 0 Å². The minimum atomic E-state index is -0.462. The molecule has 0 atom stereocenters. The van der Waals surface area contributed by atoms with Crippen molar-refractivity contribution >= 4 is 12.6 Å². The molecular formula is C8H13BN2O2. The highest BCUT2D eigenvalue weighted by Gasteiger charge is 2.19. The van der Waals surface area contributed by atoms with Crippen molar-refractivity contribution in [3.8, 4) is 0 Å². The lowest BCUT2D eigenvalue weighted by Crippen LogP contribution is -2.39. The van der Waals surface area contributed by atoms with E-state index in [9.17, 15) is 0 Å². The highest BCUT2D eigenvalue weighted by molar-refractivity contribution is 6.61. The van der Waals surface area contributed by atoms with Gasteiger partial charge in [-0.3, -0.25) is 0 Å². The van der Waals surface area contributed by atoms with Crippen molar-refractivity contribution in [3.05, 3.63) is 30.3 Å². The molecule has 0 aliphatic rings. The van der Waals surface area contributed by atoms with Gasteiger partial charge in [0.15, 0.2) is 0 Å². The van der Waals surface area contributed by atoms with Gasteiger partial charge in [-0.15, -0.1) is 0 Å². The Morgan fingerprint density at radius 1 is 1.00 bits per heavy atom. The Balaban J connectivity index is 2.64. The zero-order chi connectivity index (χ0) is 9.52. The van der Waals surface area contributed by atoms with Crippen LogP contribution in [0.1, 0.15) is 0 Å². The van der Waals surface area contributed by atoms with Crippen molar-refractivity contribution in [1.29, 1.82) is 0 Å². The van der Waals surface area contributed by atoms with E-state index in [0.29, 0.717) is 0 Å². The summed E-state index contributed by atoms with van der Waals surface area (Å²) in [5.74, 6) is 0. The third kappa shape index (κ3) is 3.16. The molecule has 1 aromatic rings. The Kier molecular flexibility index (Phi) is 4.49. The van der Waals surface area contributed by atoms with Gasteiger partial charge in [0.2, 0.25) is 0 Å². The van der Waals surface area contributed by atoms with Crippen LogP contribution in [0.4, 0.5) is 0 Å². The van der Waals surface area contributed by atoms with E-state index in [1.165, 1.54) is 0 Å². The van der Waals surface area contributed by atoms with Crippen LogP contribution in [0.3, 0.4) is 0 Å². The van der Waals surface area contributed by atoms with Crippen LogP contribution in [0, 0.1) is 0 Å². The highest BCUT2D eigenvalue weighted by Crippen LogP contribution is 1.91. The molecule has 4 N–H and O–H groups in total. The van der Waals surface area contributed by atoms with E-state index in [-0.39, 0.29) is 13.5 Å². The van der Waals surface area contributed by atoms with Gasteiger partial charge in [0.1, 0.15) is 0 Å². The molecule has 0 unspecified atom stereocenters. The van der Waals surface area contributed by atoms with Crippen molar-refractivity contribution in [2.75, 3.05) is 13.5 Å². The van der Waals surface area contributed by atoms with Crippen LogP contribution >= 0.6 is 0 Å². The molecule has 0 fully saturated rings. The fraction of sp³-hybridized carbons (Fsp3) is 0.250. The molecule has 0 aromatic heterocycles. The summed E-state index contributed by atoms with van der Waals surface area (Å²) in [6.07, 6.45) is 0. The third-order valence-corrected chi connectivity index (χ3v) is 1.57. The maximum Gasteiger partial charge on any atom is 0.495 e. The van der Waals surface area contributed by atoms with E-state index >= 15 is 0 Å². The molecule has 0 bridgehead atoms. The maximum absolute atomic E-state index is 5.25. The van der Waals surface area contributed by atoms with Crippen molar-refractivity contribution < 1.29 is 9.31 Å².